The van der Waals surface area contributed by atoms with Gasteiger partial charge in [-0.05, 0) is 43.0 Å². The first-order valence-corrected chi connectivity index (χ1v) is 7.02. The van der Waals surface area contributed by atoms with Gasteiger partial charge in [0, 0.05) is 12.1 Å². The number of carbonyl (C=O) groups is 1. The lowest BCUT2D eigenvalue weighted by Gasteiger charge is -2.30. The minimum absolute atomic E-state index is 0.0218. The fourth-order valence-electron chi connectivity index (χ4n) is 2.27. The van der Waals surface area contributed by atoms with Gasteiger partial charge >= 0.3 is 0 Å². The van der Waals surface area contributed by atoms with Crippen LogP contribution >= 0.6 is 0 Å². The van der Waals surface area contributed by atoms with Gasteiger partial charge < -0.3 is 20.5 Å². The van der Waals surface area contributed by atoms with Gasteiger partial charge in [-0.15, -0.1) is 0 Å². The lowest BCUT2D eigenvalue weighted by molar-refractivity contribution is 0.0927. The molecule has 20 heavy (non-hydrogen) atoms. The van der Waals surface area contributed by atoms with Crippen LogP contribution < -0.4 is 20.5 Å². The second-order valence-electron chi connectivity index (χ2n) is 5.16. The van der Waals surface area contributed by atoms with Gasteiger partial charge in [0.2, 0.25) is 6.79 Å². The molecule has 1 aromatic rings. The maximum Gasteiger partial charge on any atom is 0.251 e. The maximum atomic E-state index is 12.2. The minimum atomic E-state index is -0.108. The van der Waals surface area contributed by atoms with Gasteiger partial charge in [-0.2, -0.15) is 0 Å². The highest BCUT2D eigenvalue weighted by atomic mass is 16.7. The average molecular weight is 278 g/mol. The first-order chi connectivity index (χ1) is 9.64. The van der Waals surface area contributed by atoms with E-state index in [1.54, 1.807) is 18.2 Å². The van der Waals surface area contributed by atoms with E-state index in [1.807, 2.05) is 0 Å². The molecular weight excluding hydrogens is 256 g/mol. The molecule has 0 bridgehead atoms. The van der Waals surface area contributed by atoms with Crippen molar-refractivity contribution in [3.63, 3.8) is 0 Å². The molecule has 0 saturated carbocycles. The lowest BCUT2D eigenvalue weighted by atomic mass is 9.82. The third kappa shape index (κ3) is 2.88. The number of amides is 1. The average Bonchev–Trinajstić information content (AvgIpc) is 2.96. The van der Waals surface area contributed by atoms with E-state index in [0.717, 1.165) is 12.8 Å². The predicted molar refractivity (Wildman–Crippen MR) is 77.0 cm³/mol. The number of nitrogens with two attached hydrogens (primary N) is 1. The van der Waals surface area contributed by atoms with E-state index in [1.165, 1.54) is 0 Å². The molecule has 3 N–H and O–H groups in total. The van der Waals surface area contributed by atoms with Gasteiger partial charge in [-0.1, -0.05) is 13.8 Å². The Balaban J connectivity index is 2.02. The van der Waals surface area contributed by atoms with Crippen LogP contribution in [0.4, 0.5) is 0 Å². The molecule has 0 saturated heterocycles. The van der Waals surface area contributed by atoms with E-state index in [-0.39, 0.29) is 18.1 Å². The topological polar surface area (TPSA) is 73.6 Å². The summed E-state index contributed by atoms with van der Waals surface area (Å²) in [5, 5.41) is 2.97. The third-order valence-electron chi connectivity index (χ3n) is 4.19. The van der Waals surface area contributed by atoms with Crippen LogP contribution in [0, 0.1) is 5.41 Å². The van der Waals surface area contributed by atoms with Gasteiger partial charge in [-0.3, -0.25) is 4.79 Å². The zero-order chi connectivity index (χ0) is 14.6. The molecule has 110 valence electrons. The summed E-state index contributed by atoms with van der Waals surface area (Å²) in [6.07, 6.45) is 1.89. The zero-order valence-corrected chi connectivity index (χ0v) is 12.1. The fraction of sp³-hybridized carbons (Fsp3) is 0.533. The zero-order valence-electron chi connectivity index (χ0n) is 12.1. The van der Waals surface area contributed by atoms with Crippen molar-refractivity contribution in [3.8, 4) is 11.5 Å². The molecular formula is C15H22N2O3. The highest BCUT2D eigenvalue weighted by molar-refractivity contribution is 5.94. The molecule has 0 unspecified atom stereocenters. The van der Waals surface area contributed by atoms with E-state index in [0.29, 0.717) is 30.2 Å². The Kier molecular flexibility index (Phi) is 4.49. The molecule has 5 nitrogen and oxygen atoms in total. The molecule has 5 heteroatoms. The molecule has 0 fully saturated rings. The van der Waals surface area contributed by atoms with E-state index in [4.69, 9.17) is 15.2 Å². The monoisotopic (exact) mass is 278 g/mol. The standard InChI is InChI=1S/C15H22N2O3/c1-3-15(4-2,8-16)9-17-14(18)11-5-6-12-13(7-11)20-10-19-12/h5-7H,3-4,8-10,16H2,1-2H3,(H,17,18). The molecule has 1 aliphatic rings. The van der Waals surface area contributed by atoms with Crippen molar-refractivity contribution in [1.29, 1.82) is 0 Å². The molecule has 1 heterocycles. The predicted octanol–water partition coefficient (Wildman–Crippen LogP) is 1.91. The van der Waals surface area contributed by atoms with E-state index in [2.05, 4.69) is 19.2 Å². The Morgan fingerprint density at radius 3 is 2.65 bits per heavy atom. The Morgan fingerprint density at radius 1 is 1.30 bits per heavy atom. The summed E-state index contributed by atoms with van der Waals surface area (Å²) in [4.78, 5) is 12.2. The van der Waals surface area contributed by atoms with Crippen molar-refractivity contribution in [2.45, 2.75) is 26.7 Å². The van der Waals surface area contributed by atoms with Gasteiger partial charge in [0.15, 0.2) is 11.5 Å². The second kappa shape index (κ2) is 6.13. The summed E-state index contributed by atoms with van der Waals surface area (Å²) in [6.45, 7) is 5.57. The fourth-order valence-corrected chi connectivity index (χ4v) is 2.27. The smallest absolute Gasteiger partial charge is 0.251 e. The summed E-state index contributed by atoms with van der Waals surface area (Å²) in [6, 6.07) is 5.21. The van der Waals surface area contributed by atoms with Gasteiger partial charge in [0.1, 0.15) is 0 Å². The molecule has 2 rings (SSSR count). The van der Waals surface area contributed by atoms with Crippen molar-refractivity contribution in [1.82, 2.24) is 5.32 Å². The first-order valence-electron chi connectivity index (χ1n) is 7.02. The third-order valence-corrected chi connectivity index (χ3v) is 4.19. The van der Waals surface area contributed by atoms with Crippen LogP contribution in [-0.2, 0) is 0 Å². The van der Waals surface area contributed by atoms with E-state index < -0.39 is 0 Å². The highest BCUT2D eigenvalue weighted by Crippen LogP contribution is 2.32. The van der Waals surface area contributed by atoms with Crippen LogP contribution in [-0.4, -0.2) is 25.8 Å². The van der Waals surface area contributed by atoms with Crippen LogP contribution in [0.3, 0.4) is 0 Å². The molecule has 0 radical (unpaired) electrons. The van der Waals surface area contributed by atoms with Gasteiger partial charge in [0.25, 0.3) is 5.91 Å². The molecule has 0 aromatic heterocycles. The summed E-state index contributed by atoms with van der Waals surface area (Å²) in [7, 11) is 0. The lowest BCUT2D eigenvalue weighted by Crippen LogP contribution is -2.41. The molecule has 1 amide bonds. The van der Waals surface area contributed by atoms with Gasteiger partial charge in [0.05, 0.1) is 0 Å². The number of fused-ring (bicyclic) bond motifs is 1. The SMILES string of the molecule is CCC(CC)(CN)CNC(=O)c1ccc2c(c1)OCO2. The molecule has 0 aliphatic carbocycles. The van der Waals surface area contributed by atoms with Crippen molar-refractivity contribution in [2.24, 2.45) is 11.1 Å². The summed E-state index contributed by atoms with van der Waals surface area (Å²) < 4.78 is 10.5. The Hall–Kier alpha value is -1.75. The van der Waals surface area contributed by atoms with Crippen molar-refractivity contribution in [3.05, 3.63) is 23.8 Å². The largest absolute Gasteiger partial charge is 0.454 e. The maximum absolute atomic E-state index is 12.2. The van der Waals surface area contributed by atoms with Crippen molar-refractivity contribution in [2.75, 3.05) is 19.9 Å². The van der Waals surface area contributed by atoms with Crippen LogP contribution in [0.25, 0.3) is 0 Å². The first kappa shape index (κ1) is 14.7. The number of hydrogen-bond acceptors (Lipinski definition) is 4. The quantitative estimate of drug-likeness (QED) is 0.833. The van der Waals surface area contributed by atoms with Crippen molar-refractivity contribution >= 4 is 5.91 Å². The normalized spacial score (nSPS) is 13.3. The van der Waals surface area contributed by atoms with Crippen LogP contribution in [0.5, 0.6) is 11.5 Å². The molecule has 0 atom stereocenters. The van der Waals surface area contributed by atoms with E-state index in [9.17, 15) is 4.79 Å². The van der Waals surface area contributed by atoms with Crippen LogP contribution in [0.15, 0.2) is 18.2 Å². The van der Waals surface area contributed by atoms with E-state index >= 15 is 0 Å². The molecule has 0 spiro atoms. The Morgan fingerprint density at radius 2 is 2.00 bits per heavy atom. The number of benzene rings is 1. The molecule has 1 aromatic carbocycles. The van der Waals surface area contributed by atoms with Crippen LogP contribution in [0.1, 0.15) is 37.0 Å². The number of carbonyl (C=O) groups excluding carboxylic acids is 1. The number of ether oxygens (including phenoxy) is 2. The highest BCUT2D eigenvalue weighted by Gasteiger charge is 2.25. The Labute approximate surface area is 119 Å². The summed E-state index contributed by atoms with van der Waals surface area (Å²) in [5.41, 5.74) is 6.39. The van der Waals surface area contributed by atoms with Gasteiger partial charge in [-0.25, -0.2) is 0 Å². The van der Waals surface area contributed by atoms with Crippen molar-refractivity contribution < 1.29 is 14.3 Å². The number of nitrogens with one attached hydrogen (secondary N) is 1. The summed E-state index contributed by atoms with van der Waals surface area (Å²) >= 11 is 0. The Bertz CT molecular complexity index is 476. The molecule has 1 aliphatic heterocycles. The number of rotatable bonds is 6. The second-order valence-corrected chi connectivity index (χ2v) is 5.16. The number of hydrogen-bond donors (Lipinski definition) is 2. The summed E-state index contributed by atoms with van der Waals surface area (Å²) in [5.74, 6) is 1.19. The van der Waals surface area contributed by atoms with Crippen LogP contribution in [0.2, 0.25) is 0 Å². The minimum Gasteiger partial charge on any atom is -0.454 e.